The minimum atomic E-state index is -0.490. The van der Waals surface area contributed by atoms with Crippen molar-refractivity contribution in [2.45, 2.75) is 13.5 Å². The molecular weight excluding hydrogens is 479 g/mol. The number of benzene rings is 3. The summed E-state index contributed by atoms with van der Waals surface area (Å²) in [6, 6.07) is 17.5. The molecule has 0 aliphatic carbocycles. The van der Waals surface area contributed by atoms with Crippen LogP contribution in [0.25, 0.3) is 11.6 Å². The highest BCUT2D eigenvalue weighted by Crippen LogP contribution is 2.38. The zero-order valence-electron chi connectivity index (χ0n) is 17.0. The van der Waals surface area contributed by atoms with Gasteiger partial charge in [0, 0.05) is 12.1 Å². The number of allylic oxidation sites excluding steroid dienone is 1. The van der Waals surface area contributed by atoms with Crippen molar-refractivity contribution in [1.82, 2.24) is 0 Å². The molecule has 0 aromatic heterocycles. The van der Waals surface area contributed by atoms with E-state index in [1.807, 2.05) is 6.92 Å². The fraction of sp³-hybridized carbons (Fsp3) is 0.125. The fourth-order valence-electron chi connectivity index (χ4n) is 2.92. The van der Waals surface area contributed by atoms with Crippen molar-refractivity contribution >= 4 is 33.3 Å². The van der Waals surface area contributed by atoms with Gasteiger partial charge in [0.05, 0.1) is 27.6 Å². The zero-order chi connectivity index (χ0) is 23.1. The molecule has 0 aliphatic rings. The Hall–Kier alpha value is -3.70. The van der Waals surface area contributed by atoms with Gasteiger partial charge in [-0.3, -0.25) is 10.1 Å². The Bertz CT molecular complexity index is 1190. The number of rotatable bonds is 8. The number of nitro groups is 1. The Morgan fingerprint density at radius 2 is 1.84 bits per heavy atom. The van der Waals surface area contributed by atoms with E-state index in [9.17, 15) is 19.8 Å². The van der Waals surface area contributed by atoms with Crippen molar-refractivity contribution in [1.29, 1.82) is 5.26 Å². The van der Waals surface area contributed by atoms with Gasteiger partial charge in [-0.05, 0) is 82.0 Å². The molecule has 6 nitrogen and oxygen atoms in total. The van der Waals surface area contributed by atoms with Crippen LogP contribution in [0.5, 0.6) is 11.5 Å². The predicted octanol–water partition coefficient (Wildman–Crippen LogP) is 6.54. The summed E-state index contributed by atoms with van der Waals surface area (Å²) in [4.78, 5) is 10.4. The molecule has 0 bridgehead atoms. The van der Waals surface area contributed by atoms with E-state index < -0.39 is 4.92 Å². The lowest BCUT2D eigenvalue weighted by Crippen LogP contribution is -2.01. The number of non-ortho nitro benzene ring substituents is 1. The molecule has 162 valence electrons. The van der Waals surface area contributed by atoms with Crippen molar-refractivity contribution in [3.63, 3.8) is 0 Å². The van der Waals surface area contributed by atoms with E-state index in [1.165, 1.54) is 36.4 Å². The Kier molecular flexibility index (Phi) is 7.58. The molecule has 0 spiro atoms. The number of hydrogen-bond acceptors (Lipinski definition) is 5. The zero-order valence-corrected chi connectivity index (χ0v) is 18.6. The second-order valence-electron chi connectivity index (χ2n) is 6.65. The third kappa shape index (κ3) is 5.71. The van der Waals surface area contributed by atoms with E-state index in [2.05, 4.69) is 22.0 Å². The van der Waals surface area contributed by atoms with Crippen LogP contribution in [-0.2, 0) is 6.61 Å². The van der Waals surface area contributed by atoms with Gasteiger partial charge >= 0.3 is 0 Å². The SMILES string of the molecule is CCOc1cc(/C=C(/C#N)c2ccc([N+](=O)[O-])cc2)cc(Br)c1OCc1ccc(F)cc1. The Balaban J connectivity index is 1.90. The molecule has 3 aromatic carbocycles. The van der Waals surface area contributed by atoms with Crippen LogP contribution in [0.3, 0.4) is 0 Å². The number of nitrogens with zero attached hydrogens (tertiary/aromatic N) is 2. The van der Waals surface area contributed by atoms with Crippen molar-refractivity contribution < 1.29 is 18.8 Å². The topological polar surface area (TPSA) is 85.4 Å². The molecule has 0 saturated carbocycles. The minimum absolute atomic E-state index is 0.0462. The highest BCUT2D eigenvalue weighted by Gasteiger charge is 2.13. The predicted molar refractivity (Wildman–Crippen MR) is 123 cm³/mol. The van der Waals surface area contributed by atoms with E-state index in [-0.39, 0.29) is 18.1 Å². The largest absolute Gasteiger partial charge is 0.490 e. The second-order valence-corrected chi connectivity index (χ2v) is 7.51. The highest BCUT2D eigenvalue weighted by molar-refractivity contribution is 9.10. The summed E-state index contributed by atoms with van der Waals surface area (Å²) in [5, 5.41) is 20.4. The first kappa shape index (κ1) is 23.0. The first-order chi connectivity index (χ1) is 15.4. The molecule has 0 radical (unpaired) electrons. The van der Waals surface area contributed by atoms with Crippen LogP contribution < -0.4 is 9.47 Å². The van der Waals surface area contributed by atoms with E-state index in [0.29, 0.717) is 39.3 Å². The van der Waals surface area contributed by atoms with Crippen LogP contribution in [-0.4, -0.2) is 11.5 Å². The Morgan fingerprint density at radius 3 is 2.44 bits per heavy atom. The summed E-state index contributed by atoms with van der Waals surface area (Å²) in [6.07, 6.45) is 1.66. The summed E-state index contributed by atoms with van der Waals surface area (Å²) in [5.74, 6) is 0.654. The van der Waals surface area contributed by atoms with Crippen LogP contribution >= 0.6 is 15.9 Å². The molecule has 0 saturated heterocycles. The Labute approximate surface area is 192 Å². The third-order valence-electron chi connectivity index (χ3n) is 4.45. The highest BCUT2D eigenvalue weighted by atomic mass is 79.9. The lowest BCUT2D eigenvalue weighted by molar-refractivity contribution is -0.384. The lowest BCUT2D eigenvalue weighted by atomic mass is 10.0. The molecule has 32 heavy (non-hydrogen) atoms. The molecule has 8 heteroatoms. The van der Waals surface area contributed by atoms with Gasteiger partial charge in [-0.2, -0.15) is 5.26 Å². The molecule has 0 atom stereocenters. The molecule has 3 rings (SSSR count). The van der Waals surface area contributed by atoms with Crippen LogP contribution in [0, 0.1) is 27.3 Å². The third-order valence-corrected chi connectivity index (χ3v) is 5.04. The molecule has 0 amide bonds. The summed E-state index contributed by atoms with van der Waals surface area (Å²) < 4.78 is 25.4. The summed E-state index contributed by atoms with van der Waals surface area (Å²) in [7, 11) is 0. The minimum Gasteiger partial charge on any atom is -0.490 e. The normalized spacial score (nSPS) is 11.0. The molecule has 0 fully saturated rings. The molecule has 0 unspecified atom stereocenters. The van der Waals surface area contributed by atoms with Crippen molar-refractivity contribution in [2.75, 3.05) is 6.61 Å². The van der Waals surface area contributed by atoms with Gasteiger partial charge in [0.1, 0.15) is 12.4 Å². The maximum Gasteiger partial charge on any atom is 0.269 e. The quantitative estimate of drug-likeness (QED) is 0.153. The first-order valence-electron chi connectivity index (χ1n) is 9.61. The van der Waals surface area contributed by atoms with Gasteiger partial charge < -0.3 is 9.47 Å². The van der Waals surface area contributed by atoms with E-state index in [4.69, 9.17) is 9.47 Å². The molecule has 3 aromatic rings. The number of ether oxygens (including phenoxy) is 2. The van der Waals surface area contributed by atoms with Crippen LogP contribution in [0.4, 0.5) is 10.1 Å². The van der Waals surface area contributed by atoms with Gasteiger partial charge in [-0.15, -0.1) is 0 Å². The Morgan fingerprint density at radius 1 is 1.16 bits per heavy atom. The smallest absolute Gasteiger partial charge is 0.269 e. The van der Waals surface area contributed by atoms with Crippen LogP contribution in [0.15, 0.2) is 65.1 Å². The van der Waals surface area contributed by atoms with Crippen LogP contribution in [0.2, 0.25) is 0 Å². The maximum absolute atomic E-state index is 13.1. The van der Waals surface area contributed by atoms with Gasteiger partial charge in [0.25, 0.3) is 5.69 Å². The average Bonchev–Trinajstić information content (AvgIpc) is 2.78. The second kappa shape index (κ2) is 10.6. The first-order valence-corrected chi connectivity index (χ1v) is 10.4. The standard InChI is InChI=1S/C24H18BrFN2O4/c1-2-31-23-13-17(11-19(14-27)18-5-9-21(10-6-18)28(29)30)12-22(25)24(23)32-15-16-3-7-20(26)8-4-16/h3-13H,2,15H2,1H3/b19-11-. The lowest BCUT2D eigenvalue weighted by Gasteiger charge is -2.15. The molecule has 0 aliphatic heterocycles. The monoisotopic (exact) mass is 496 g/mol. The van der Waals surface area contributed by atoms with Gasteiger partial charge in [-0.25, -0.2) is 4.39 Å². The number of halogens is 2. The summed E-state index contributed by atoms with van der Waals surface area (Å²) in [6.45, 7) is 2.47. The molecule has 0 N–H and O–H groups in total. The van der Waals surface area contributed by atoms with Gasteiger partial charge in [0.2, 0.25) is 0 Å². The maximum atomic E-state index is 13.1. The van der Waals surface area contributed by atoms with E-state index >= 15 is 0 Å². The van der Waals surface area contributed by atoms with Crippen molar-refractivity contribution in [3.8, 4) is 17.6 Å². The number of nitriles is 1. The fourth-order valence-corrected chi connectivity index (χ4v) is 3.49. The van der Waals surface area contributed by atoms with E-state index in [1.54, 1.807) is 30.3 Å². The van der Waals surface area contributed by atoms with Crippen molar-refractivity contribution in [3.05, 3.63) is 97.8 Å². The number of nitro benzene ring substituents is 1. The summed E-state index contributed by atoms with van der Waals surface area (Å²) in [5.41, 5.74) is 2.34. The van der Waals surface area contributed by atoms with Crippen LogP contribution in [0.1, 0.15) is 23.6 Å². The van der Waals surface area contributed by atoms with E-state index in [0.717, 1.165) is 5.56 Å². The summed E-state index contributed by atoms with van der Waals surface area (Å²) >= 11 is 3.49. The average molecular weight is 497 g/mol. The molecule has 0 heterocycles. The van der Waals surface area contributed by atoms with Crippen molar-refractivity contribution in [2.24, 2.45) is 0 Å². The number of hydrogen-bond donors (Lipinski definition) is 0. The van der Waals surface area contributed by atoms with Gasteiger partial charge in [0.15, 0.2) is 11.5 Å². The molecular formula is C24H18BrFN2O4. The van der Waals surface area contributed by atoms with Gasteiger partial charge in [-0.1, -0.05) is 12.1 Å².